The van der Waals surface area contributed by atoms with Gasteiger partial charge in [-0.15, -0.1) is 0 Å². The quantitative estimate of drug-likeness (QED) is 0.0261. The van der Waals surface area contributed by atoms with E-state index in [0.29, 0.717) is 12.8 Å². The zero-order chi connectivity index (χ0) is 48.0. The number of nitrogens with one attached hydrogen (secondary N) is 1. The van der Waals surface area contributed by atoms with Crippen LogP contribution in [-0.4, -0.2) is 87.5 Å². The van der Waals surface area contributed by atoms with Crippen LogP contribution < -0.4 is 5.32 Å². The van der Waals surface area contributed by atoms with Gasteiger partial charge in [0.25, 0.3) is 0 Å². The summed E-state index contributed by atoms with van der Waals surface area (Å²) in [5, 5.41) is 54.7. The van der Waals surface area contributed by atoms with Gasteiger partial charge in [0.15, 0.2) is 6.29 Å². The minimum Gasteiger partial charge on any atom is -0.394 e. The smallest absolute Gasteiger partial charge is 0.220 e. The summed E-state index contributed by atoms with van der Waals surface area (Å²) < 4.78 is 11.3. The van der Waals surface area contributed by atoms with Crippen molar-refractivity contribution in [1.29, 1.82) is 0 Å². The Morgan fingerprint density at radius 3 is 1.23 bits per heavy atom. The Kier molecular flexibility index (Phi) is 45.4. The molecular weight excluding hydrogens is 827 g/mol. The second-order valence-electron chi connectivity index (χ2n) is 20.4. The number of hydrogen-bond acceptors (Lipinski definition) is 8. The Bertz CT molecular complexity index is 1040. The molecule has 1 fully saturated rings. The summed E-state index contributed by atoms with van der Waals surface area (Å²) in [5.41, 5.74) is 0. The molecule has 0 spiro atoms. The number of ether oxygens (including phenoxy) is 2. The molecule has 392 valence electrons. The molecule has 0 bridgehead atoms. The van der Waals surface area contributed by atoms with Crippen LogP contribution in [0, 0.1) is 0 Å². The van der Waals surface area contributed by atoms with E-state index in [2.05, 4.69) is 31.3 Å². The predicted octanol–water partition coefficient (Wildman–Crippen LogP) is 14.0. The van der Waals surface area contributed by atoms with E-state index in [9.17, 15) is 30.3 Å². The van der Waals surface area contributed by atoms with Crippen molar-refractivity contribution in [3.63, 3.8) is 0 Å². The number of allylic oxidation sites excluding steroid dienone is 2. The first-order valence-corrected chi connectivity index (χ1v) is 28.9. The fourth-order valence-electron chi connectivity index (χ4n) is 9.51. The van der Waals surface area contributed by atoms with E-state index in [0.717, 1.165) is 38.5 Å². The highest BCUT2D eigenvalue weighted by molar-refractivity contribution is 5.76. The van der Waals surface area contributed by atoms with Crippen molar-refractivity contribution >= 4 is 5.91 Å². The maximum Gasteiger partial charge on any atom is 0.220 e. The second-order valence-corrected chi connectivity index (χ2v) is 20.4. The molecule has 1 rings (SSSR count). The zero-order valence-corrected chi connectivity index (χ0v) is 43.5. The molecule has 1 aliphatic heterocycles. The highest BCUT2D eigenvalue weighted by Gasteiger charge is 2.44. The molecule has 66 heavy (non-hydrogen) atoms. The minimum absolute atomic E-state index is 0.136. The molecule has 1 saturated heterocycles. The fourth-order valence-corrected chi connectivity index (χ4v) is 9.51. The van der Waals surface area contributed by atoms with Gasteiger partial charge in [-0.05, 0) is 38.5 Å². The summed E-state index contributed by atoms with van der Waals surface area (Å²) in [6.45, 7) is 3.88. The van der Waals surface area contributed by atoms with E-state index in [1.54, 1.807) is 0 Å². The van der Waals surface area contributed by atoms with Crippen LogP contribution in [0.5, 0.6) is 0 Å². The van der Waals surface area contributed by atoms with Gasteiger partial charge in [-0.25, -0.2) is 0 Å². The normalized spacial score (nSPS) is 19.8. The third kappa shape index (κ3) is 36.9. The fraction of sp³-hybridized carbons (Fsp3) is 0.947. The molecule has 1 aliphatic rings. The summed E-state index contributed by atoms with van der Waals surface area (Å²) >= 11 is 0. The van der Waals surface area contributed by atoms with E-state index in [-0.39, 0.29) is 12.5 Å². The lowest BCUT2D eigenvalue weighted by molar-refractivity contribution is -0.302. The van der Waals surface area contributed by atoms with E-state index >= 15 is 0 Å². The van der Waals surface area contributed by atoms with E-state index in [1.807, 2.05) is 0 Å². The van der Waals surface area contributed by atoms with Crippen molar-refractivity contribution in [3.05, 3.63) is 12.2 Å². The molecule has 0 aromatic heterocycles. The Hall–Kier alpha value is -1.07. The van der Waals surface area contributed by atoms with E-state index in [4.69, 9.17) is 9.47 Å². The van der Waals surface area contributed by atoms with Crippen molar-refractivity contribution in [2.75, 3.05) is 13.2 Å². The molecule has 1 amide bonds. The molecule has 9 nitrogen and oxygen atoms in total. The number of hydrogen-bond donors (Lipinski definition) is 6. The van der Waals surface area contributed by atoms with E-state index in [1.165, 1.54) is 225 Å². The van der Waals surface area contributed by atoms with Gasteiger partial charge < -0.3 is 40.3 Å². The van der Waals surface area contributed by atoms with Crippen molar-refractivity contribution < 1.29 is 39.8 Å². The van der Waals surface area contributed by atoms with Crippen molar-refractivity contribution in [3.8, 4) is 0 Å². The van der Waals surface area contributed by atoms with E-state index < -0.39 is 49.5 Å². The summed E-state index contributed by atoms with van der Waals surface area (Å²) in [4.78, 5) is 13.1. The summed E-state index contributed by atoms with van der Waals surface area (Å²) in [6, 6.07) is -0.719. The molecule has 1 heterocycles. The molecule has 0 aromatic carbocycles. The number of aliphatic hydroxyl groups excluding tert-OH is 5. The first-order chi connectivity index (χ1) is 32.3. The van der Waals surface area contributed by atoms with Gasteiger partial charge in [0.2, 0.25) is 5.91 Å². The number of amides is 1. The number of carbonyl (C=O) groups is 1. The highest BCUT2D eigenvalue weighted by Crippen LogP contribution is 2.23. The maximum atomic E-state index is 13.1. The van der Waals surface area contributed by atoms with Crippen LogP contribution in [0.1, 0.15) is 290 Å². The molecular formula is C57H111NO8. The van der Waals surface area contributed by atoms with Crippen LogP contribution in [-0.2, 0) is 14.3 Å². The Labute approximate surface area is 407 Å². The molecule has 0 aromatic rings. The number of carbonyl (C=O) groups excluding carboxylic acids is 1. The predicted molar refractivity (Wildman–Crippen MR) is 277 cm³/mol. The Balaban J connectivity index is 2.21. The van der Waals surface area contributed by atoms with Gasteiger partial charge in [0.1, 0.15) is 24.4 Å². The van der Waals surface area contributed by atoms with Crippen LogP contribution in [0.2, 0.25) is 0 Å². The van der Waals surface area contributed by atoms with Gasteiger partial charge in [0.05, 0.1) is 25.4 Å². The molecule has 6 N–H and O–H groups in total. The summed E-state index contributed by atoms with van der Waals surface area (Å²) in [6.07, 6.45) is 50.9. The first kappa shape index (κ1) is 62.9. The second kappa shape index (κ2) is 47.6. The van der Waals surface area contributed by atoms with Gasteiger partial charge in [-0.3, -0.25) is 4.79 Å². The lowest BCUT2D eigenvalue weighted by Gasteiger charge is -2.40. The molecule has 9 heteroatoms. The van der Waals surface area contributed by atoms with Crippen molar-refractivity contribution in [1.82, 2.24) is 5.32 Å². The van der Waals surface area contributed by atoms with Gasteiger partial charge in [0, 0.05) is 6.42 Å². The third-order valence-corrected chi connectivity index (χ3v) is 14.1. The van der Waals surface area contributed by atoms with Crippen LogP contribution in [0.3, 0.4) is 0 Å². The van der Waals surface area contributed by atoms with Crippen LogP contribution in [0.15, 0.2) is 12.2 Å². The molecule has 0 saturated carbocycles. The standard InChI is InChI=1S/C57H111NO8/c1-3-5-7-9-11-13-15-17-19-21-23-25-26-27-29-31-33-35-37-39-41-43-45-47-53(61)58-50(49-65-57-56(64)55(63)54(62)52(48-59)66-57)51(60)46-44-42-40-38-36-34-32-30-28-24-22-20-18-16-14-12-10-8-6-4-2/h27,29,50-52,54-57,59-60,62-64H,3-26,28,30-49H2,1-2H3,(H,58,61)/b29-27-. The molecule has 0 radical (unpaired) electrons. The largest absolute Gasteiger partial charge is 0.394 e. The number of aliphatic hydroxyl groups is 5. The van der Waals surface area contributed by atoms with Crippen molar-refractivity contribution in [2.45, 2.75) is 333 Å². The lowest BCUT2D eigenvalue weighted by Crippen LogP contribution is -2.60. The molecule has 7 unspecified atom stereocenters. The zero-order valence-electron chi connectivity index (χ0n) is 43.5. The van der Waals surface area contributed by atoms with Gasteiger partial charge >= 0.3 is 0 Å². The molecule has 7 atom stereocenters. The lowest BCUT2D eigenvalue weighted by atomic mass is 9.99. The maximum absolute atomic E-state index is 13.1. The first-order valence-electron chi connectivity index (χ1n) is 28.9. The molecule has 0 aliphatic carbocycles. The third-order valence-electron chi connectivity index (χ3n) is 14.1. The van der Waals surface area contributed by atoms with Crippen LogP contribution >= 0.6 is 0 Å². The van der Waals surface area contributed by atoms with Crippen molar-refractivity contribution in [2.24, 2.45) is 0 Å². The SMILES string of the molecule is CCCCCCCCCCCCCC/C=C\CCCCCCCCCC(=O)NC(COC1OC(CO)C(O)C(O)C1O)C(O)CCCCCCCCCCCCCCCCCCCCCC. The van der Waals surface area contributed by atoms with Gasteiger partial charge in [-0.1, -0.05) is 257 Å². The minimum atomic E-state index is -1.55. The number of unbranched alkanes of at least 4 members (excludes halogenated alkanes) is 38. The topological polar surface area (TPSA) is 149 Å². The van der Waals surface area contributed by atoms with Crippen LogP contribution in [0.25, 0.3) is 0 Å². The van der Waals surface area contributed by atoms with Gasteiger partial charge in [-0.2, -0.15) is 0 Å². The Morgan fingerprint density at radius 1 is 0.500 bits per heavy atom. The number of rotatable bonds is 50. The highest BCUT2D eigenvalue weighted by atomic mass is 16.7. The average Bonchev–Trinajstić information content (AvgIpc) is 3.32. The summed E-state index contributed by atoms with van der Waals surface area (Å²) in [7, 11) is 0. The Morgan fingerprint density at radius 2 is 0.848 bits per heavy atom. The van der Waals surface area contributed by atoms with Crippen LogP contribution in [0.4, 0.5) is 0 Å². The monoisotopic (exact) mass is 938 g/mol. The average molecular weight is 939 g/mol. The summed E-state index contributed by atoms with van der Waals surface area (Å²) in [5.74, 6) is -0.143.